The fraction of sp³-hybridized carbons (Fsp3) is 0.345. The molecule has 1 fully saturated rings. The number of aromatic nitrogens is 1. The van der Waals surface area contributed by atoms with Crippen LogP contribution in [0, 0.1) is 5.41 Å². The van der Waals surface area contributed by atoms with E-state index in [1.165, 1.54) is 35.6 Å². The molecule has 2 atom stereocenters. The molecule has 2 aromatic carbocycles. The third-order valence-electron chi connectivity index (χ3n) is 6.86. The van der Waals surface area contributed by atoms with Gasteiger partial charge in [0.15, 0.2) is 0 Å². The average molecular weight is 604 g/mol. The monoisotopic (exact) mass is 603 g/mol. The zero-order valence-electron chi connectivity index (χ0n) is 22.8. The zero-order chi connectivity index (χ0) is 30.0. The number of halogens is 2. The van der Waals surface area contributed by atoms with Crippen molar-refractivity contribution in [2.24, 2.45) is 5.41 Å². The number of carbonyl (C=O) groups is 2. The first-order chi connectivity index (χ1) is 19.2. The van der Waals surface area contributed by atoms with Crippen molar-refractivity contribution in [1.29, 1.82) is 0 Å². The fourth-order valence-corrected chi connectivity index (χ4v) is 6.07. The van der Waals surface area contributed by atoms with Crippen molar-refractivity contribution in [1.82, 2.24) is 15.2 Å². The van der Waals surface area contributed by atoms with Gasteiger partial charge in [-0.25, -0.2) is 4.98 Å². The van der Waals surface area contributed by atoms with Crippen LogP contribution in [0.2, 0.25) is 0 Å². The molecule has 0 radical (unpaired) electrons. The Labute approximate surface area is 241 Å². The Morgan fingerprint density at radius 2 is 1.78 bits per heavy atom. The third-order valence-corrected chi connectivity index (χ3v) is 8.80. The number of amides is 2. The molecule has 8 nitrogen and oxygen atoms in total. The van der Waals surface area contributed by atoms with Gasteiger partial charge in [0.1, 0.15) is 11.0 Å². The Bertz CT molecular complexity index is 1470. The second kappa shape index (κ2) is 11.9. The second-order valence-corrected chi connectivity index (χ2v) is 13.5. The lowest BCUT2D eigenvalue weighted by Gasteiger charge is -2.35. The van der Waals surface area contributed by atoms with E-state index in [0.717, 1.165) is 41.2 Å². The van der Waals surface area contributed by atoms with Crippen molar-refractivity contribution >= 4 is 36.8 Å². The lowest BCUT2D eigenvalue weighted by molar-refractivity contribution is -0.139. The number of likely N-dealkylation sites (tertiary alicyclic amines) is 1. The molecule has 3 aromatic rings. The smallest absolute Gasteiger partial charge is 0.340 e. The first-order valence-corrected chi connectivity index (χ1v) is 15.5. The number of nitrogens with zero attached hydrogens (tertiary/aromatic N) is 2. The maximum Gasteiger partial charge on any atom is 0.399 e. The van der Waals surface area contributed by atoms with Gasteiger partial charge in [0.05, 0.1) is 11.7 Å². The van der Waals surface area contributed by atoms with Crippen molar-refractivity contribution in [3.8, 4) is 11.3 Å². The fourth-order valence-electron chi connectivity index (χ4n) is 4.61. The standard InChI is InChI=1S/C29H32F2N3O5PS/c1-28(2,3)25(33-24(35)16-13-19-11-14-21(15-12-19)29(30,31)40(37,38)39)27(36)34-17-7-10-23(34)26-32-22(18-41-26)20-8-5-4-6-9-20/h4-6,8-9,11-16,18,23,25H,7,10,17H2,1-3H3,(H,33,35)(H2,37,38,39)/b16-13+. The Hall–Kier alpha value is -3.24. The van der Waals surface area contributed by atoms with E-state index in [1.54, 1.807) is 4.90 Å². The quantitative estimate of drug-likeness (QED) is 0.216. The molecule has 4 rings (SSSR count). The summed E-state index contributed by atoms with van der Waals surface area (Å²) in [5, 5.41) is 5.64. The van der Waals surface area contributed by atoms with Gasteiger partial charge in [0.25, 0.3) is 0 Å². The molecule has 0 spiro atoms. The lowest BCUT2D eigenvalue weighted by Crippen LogP contribution is -2.54. The molecule has 0 saturated carbocycles. The van der Waals surface area contributed by atoms with Gasteiger partial charge in [-0.1, -0.05) is 75.4 Å². The molecule has 218 valence electrons. The van der Waals surface area contributed by atoms with Gasteiger partial charge in [-0.2, -0.15) is 8.78 Å². The van der Waals surface area contributed by atoms with E-state index in [0.29, 0.717) is 12.1 Å². The largest absolute Gasteiger partial charge is 0.399 e. The first kappa shape index (κ1) is 30.7. The second-order valence-electron chi connectivity index (χ2n) is 11.0. The predicted octanol–water partition coefficient (Wildman–Crippen LogP) is 5.94. The number of nitrogens with one attached hydrogen (secondary N) is 1. The van der Waals surface area contributed by atoms with Crippen molar-refractivity contribution in [2.45, 2.75) is 51.4 Å². The van der Waals surface area contributed by atoms with Crippen LogP contribution >= 0.6 is 18.9 Å². The Kier molecular flexibility index (Phi) is 8.94. The molecule has 1 saturated heterocycles. The zero-order valence-corrected chi connectivity index (χ0v) is 24.5. The first-order valence-electron chi connectivity index (χ1n) is 13.0. The Morgan fingerprint density at radius 3 is 2.39 bits per heavy atom. The maximum atomic E-state index is 13.9. The van der Waals surface area contributed by atoms with Gasteiger partial charge < -0.3 is 20.0 Å². The van der Waals surface area contributed by atoms with E-state index in [2.05, 4.69) is 5.32 Å². The van der Waals surface area contributed by atoms with Gasteiger partial charge in [-0.15, -0.1) is 11.3 Å². The predicted molar refractivity (Wildman–Crippen MR) is 154 cm³/mol. The van der Waals surface area contributed by atoms with Crippen LogP contribution in [0.1, 0.15) is 55.8 Å². The molecule has 12 heteroatoms. The molecule has 1 aromatic heterocycles. The van der Waals surface area contributed by atoms with Gasteiger partial charge in [-0.3, -0.25) is 14.2 Å². The van der Waals surface area contributed by atoms with Crippen LogP contribution < -0.4 is 5.32 Å². The molecular weight excluding hydrogens is 571 g/mol. The van der Waals surface area contributed by atoms with Crippen molar-refractivity contribution < 1.29 is 32.7 Å². The summed E-state index contributed by atoms with van der Waals surface area (Å²) in [6, 6.07) is 13.0. The minimum Gasteiger partial charge on any atom is -0.340 e. The highest BCUT2D eigenvalue weighted by molar-refractivity contribution is 7.52. The summed E-state index contributed by atoms with van der Waals surface area (Å²) >= 11 is 1.51. The summed E-state index contributed by atoms with van der Waals surface area (Å²) in [5.41, 5.74) is -3.54. The number of alkyl halides is 2. The molecule has 3 N–H and O–H groups in total. The summed E-state index contributed by atoms with van der Waals surface area (Å²) in [6.45, 7) is 6.14. The van der Waals surface area contributed by atoms with E-state index in [4.69, 9.17) is 14.8 Å². The van der Waals surface area contributed by atoms with Gasteiger partial charge in [0.2, 0.25) is 11.8 Å². The highest BCUT2D eigenvalue weighted by Crippen LogP contribution is 2.59. The van der Waals surface area contributed by atoms with Crippen LogP contribution in [0.25, 0.3) is 17.3 Å². The van der Waals surface area contributed by atoms with Crippen LogP contribution in [0.15, 0.2) is 66.1 Å². The Balaban J connectivity index is 1.46. The van der Waals surface area contributed by atoms with Crippen molar-refractivity contribution in [3.05, 3.63) is 82.2 Å². The van der Waals surface area contributed by atoms with E-state index in [1.807, 2.05) is 56.5 Å². The molecular formula is C29H32F2N3O5PS. The molecule has 2 heterocycles. The normalized spacial score (nSPS) is 17.1. The van der Waals surface area contributed by atoms with Gasteiger partial charge >= 0.3 is 13.3 Å². The number of hydrogen-bond acceptors (Lipinski definition) is 5. The number of hydrogen-bond donors (Lipinski definition) is 3. The molecule has 1 aliphatic heterocycles. The third kappa shape index (κ3) is 6.98. The highest BCUT2D eigenvalue weighted by atomic mass is 32.1. The minimum atomic E-state index is -5.68. The molecule has 2 amide bonds. The van der Waals surface area contributed by atoms with Crippen molar-refractivity contribution in [2.75, 3.05) is 6.54 Å². The van der Waals surface area contributed by atoms with E-state index >= 15 is 0 Å². The number of rotatable bonds is 8. The topological polar surface area (TPSA) is 120 Å². The summed E-state index contributed by atoms with van der Waals surface area (Å²) < 4.78 is 38.9. The number of benzene rings is 2. The molecule has 41 heavy (non-hydrogen) atoms. The van der Waals surface area contributed by atoms with Crippen LogP contribution in [0.3, 0.4) is 0 Å². The van der Waals surface area contributed by atoms with Crippen LogP contribution in [-0.4, -0.2) is 44.1 Å². The molecule has 0 bridgehead atoms. The van der Waals surface area contributed by atoms with E-state index in [9.17, 15) is 22.9 Å². The summed E-state index contributed by atoms with van der Waals surface area (Å²) in [6.07, 6.45) is 4.16. The SMILES string of the molecule is CC(C)(C)C(NC(=O)/C=C/c1ccc(C(F)(F)P(=O)(O)O)cc1)C(=O)N1CCCC1c1nc(-c2ccccc2)cs1. The van der Waals surface area contributed by atoms with E-state index < -0.39 is 36.2 Å². The molecule has 0 aliphatic carbocycles. The summed E-state index contributed by atoms with van der Waals surface area (Å²) in [4.78, 5) is 51.1. The summed E-state index contributed by atoms with van der Waals surface area (Å²) in [5.74, 6) is -0.749. The number of carbonyl (C=O) groups excluding carboxylic acids is 2. The van der Waals surface area contributed by atoms with Crippen molar-refractivity contribution in [3.63, 3.8) is 0 Å². The summed E-state index contributed by atoms with van der Waals surface area (Å²) in [7, 11) is -5.68. The highest BCUT2D eigenvalue weighted by Gasteiger charge is 2.50. The molecule has 1 aliphatic rings. The maximum absolute atomic E-state index is 13.9. The van der Waals surface area contributed by atoms with Crippen LogP contribution in [0.4, 0.5) is 8.78 Å². The lowest BCUT2D eigenvalue weighted by atomic mass is 9.85. The average Bonchev–Trinajstić information content (AvgIpc) is 3.60. The molecule has 2 unspecified atom stereocenters. The van der Waals surface area contributed by atoms with Crippen LogP contribution in [0.5, 0.6) is 0 Å². The minimum absolute atomic E-state index is 0.188. The van der Waals surface area contributed by atoms with Gasteiger partial charge in [-0.05, 0) is 29.9 Å². The number of thiazole rings is 1. The van der Waals surface area contributed by atoms with E-state index in [-0.39, 0.29) is 11.9 Å². The van der Waals surface area contributed by atoms with Gasteiger partial charge in [0, 0.05) is 29.1 Å². The van der Waals surface area contributed by atoms with Crippen LogP contribution in [-0.2, 0) is 19.8 Å². The Morgan fingerprint density at radius 1 is 1.12 bits per heavy atom.